The summed E-state index contributed by atoms with van der Waals surface area (Å²) in [6.45, 7) is 8.18. The second-order valence-corrected chi connectivity index (χ2v) is 10.3. The van der Waals surface area contributed by atoms with Crippen LogP contribution in [-0.2, 0) is 4.79 Å². The molecule has 1 aromatic carbocycles. The van der Waals surface area contributed by atoms with E-state index in [0.29, 0.717) is 0 Å². The Morgan fingerprint density at radius 1 is 1.09 bits per heavy atom. The zero-order valence-corrected chi connectivity index (χ0v) is 20.3. The predicted octanol–water partition coefficient (Wildman–Crippen LogP) is 3.97. The molecule has 0 aliphatic carbocycles. The number of likely N-dealkylation sites (tertiary alicyclic amines) is 1. The molecule has 0 bridgehead atoms. The molecule has 2 saturated heterocycles. The minimum Gasteiger partial charge on any atom is -0.356 e. The van der Waals surface area contributed by atoms with Gasteiger partial charge in [0.05, 0.1) is 11.9 Å². The molecule has 0 atom stereocenters. The number of imidazole rings is 1. The van der Waals surface area contributed by atoms with Gasteiger partial charge in [0.2, 0.25) is 16.0 Å². The minimum atomic E-state index is 0.119. The summed E-state index contributed by atoms with van der Waals surface area (Å²) in [5.41, 5.74) is 3.31. The van der Waals surface area contributed by atoms with E-state index in [9.17, 15) is 4.79 Å². The van der Waals surface area contributed by atoms with Gasteiger partial charge in [-0.1, -0.05) is 47.6 Å². The molecule has 4 heterocycles. The number of aromatic nitrogens is 3. The Labute approximate surface area is 199 Å². The molecule has 0 saturated carbocycles. The van der Waals surface area contributed by atoms with Crippen molar-refractivity contribution in [1.29, 1.82) is 0 Å². The van der Waals surface area contributed by atoms with E-state index < -0.39 is 0 Å². The van der Waals surface area contributed by atoms with Gasteiger partial charge >= 0.3 is 0 Å². The van der Waals surface area contributed by atoms with Crippen molar-refractivity contribution >= 4 is 27.3 Å². The standard InChI is InChI=1S/C25H34N6OS/c1-19-6-8-20(9-7-19)22-18-31-24(27-22)33-25(28-31)30-16-10-21(11-17-30)23(32)26-12-5-15-29-13-3-2-4-14-29/h6-9,18,21H,2-5,10-17H2,1H3,(H,26,32). The number of benzene rings is 1. The van der Waals surface area contributed by atoms with Crippen LogP contribution in [0.25, 0.3) is 16.2 Å². The van der Waals surface area contributed by atoms with E-state index in [1.54, 1.807) is 11.3 Å². The maximum Gasteiger partial charge on any atom is 0.223 e. The van der Waals surface area contributed by atoms with Crippen LogP contribution in [0.4, 0.5) is 5.13 Å². The lowest BCUT2D eigenvalue weighted by molar-refractivity contribution is -0.125. The molecule has 33 heavy (non-hydrogen) atoms. The Morgan fingerprint density at radius 3 is 2.58 bits per heavy atom. The van der Waals surface area contributed by atoms with Crippen LogP contribution in [0, 0.1) is 12.8 Å². The SMILES string of the molecule is Cc1ccc(-c2cn3nc(N4CCC(C(=O)NCCCN5CCCCC5)CC4)sc3n2)cc1. The predicted molar refractivity (Wildman–Crippen MR) is 134 cm³/mol. The third-order valence-corrected chi connectivity index (χ3v) is 7.90. The molecular weight excluding hydrogens is 432 g/mol. The molecule has 2 fully saturated rings. The first-order valence-corrected chi connectivity index (χ1v) is 13.2. The first-order valence-electron chi connectivity index (χ1n) is 12.3. The average molecular weight is 467 g/mol. The number of piperidine rings is 2. The molecular formula is C25H34N6OS. The summed E-state index contributed by atoms with van der Waals surface area (Å²) < 4.78 is 1.89. The number of anilines is 1. The van der Waals surface area contributed by atoms with E-state index in [1.807, 2.05) is 10.7 Å². The quantitative estimate of drug-likeness (QED) is 0.534. The summed E-state index contributed by atoms with van der Waals surface area (Å²) in [6.07, 6.45) is 8.84. The fourth-order valence-electron chi connectivity index (χ4n) is 4.86. The molecule has 7 nitrogen and oxygen atoms in total. The number of rotatable bonds is 7. The van der Waals surface area contributed by atoms with Crippen molar-refractivity contribution in [3.05, 3.63) is 36.0 Å². The van der Waals surface area contributed by atoms with E-state index in [0.717, 1.165) is 66.8 Å². The maximum atomic E-state index is 12.6. The third-order valence-electron chi connectivity index (χ3n) is 6.92. The van der Waals surface area contributed by atoms with Gasteiger partial charge < -0.3 is 15.1 Å². The molecule has 2 aliphatic heterocycles. The summed E-state index contributed by atoms with van der Waals surface area (Å²) in [5.74, 6) is 0.346. The molecule has 0 unspecified atom stereocenters. The molecule has 8 heteroatoms. The number of nitrogens with one attached hydrogen (secondary N) is 1. The Bertz CT molecular complexity index is 1030. The highest BCUT2D eigenvalue weighted by Gasteiger charge is 2.26. The number of hydrogen-bond acceptors (Lipinski definition) is 6. The van der Waals surface area contributed by atoms with Gasteiger partial charge in [-0.2, -0.15) is 0 Å². The van der Waals surface area contributed by atoms with Crippen LogP contribution in [0.2, 0.25) is 0 Å². The largest absolute Gasteiger partial charge is 0.356 e. The number of aryl methyl sites for hydroxylation is 1. The first-order chi connectivity index (χ1) is 16.2. The Morgan fingerprint density at radius 2 is 1.85 bits per heavy atom. The molecule has 3 aromatic rings. The molecule has 2 aromatic heterocycles. The van der Waals surface area contributed by atoms with Gasteiger partial charge in [-0.3, -0.25) is 4.79 Å². The van der Waals surface area contributed by atoms with Crippen LogP contribution < -0.4 is 10.2 Å². The van der Waals surface area contributed by atoms with Crippen LogP contribution in [0.5, 0.6) is 0 Å². The summed E-state index contributed by atoms with van der Waals surface area (Å²) >= 11 is 1.62. The van der Waals surface area contributed by atoms with E-state index >= 15 is 0 Å². The summed E-state index contributed by atoms with van der Waals surface area (Å²) in [4.78, 5) is 23.1. The monoisotopic (exact) mass is 466 g/mol. The van der Waals surface area contributed by atoms with Gasteiger partial charge in [0, 0.05) is 31.1 Å². The smallest absolute Gasteiger partial charge is 0.223 e. The maximum absolute atomic E-state index is 12.6. The summed E-state index contributed by atoms with van der Waals surface area (Å²) in [7, 11) is 0. The summed E-state index contributed by atoms with van der Waals surface area (Å²) in [5, 5.41) is 8.94. The van der Waals surface area contributed by atoms with Crippen LogP contribution in [0.1, 0.15) is 44.1 Å². The van der Waals surface area contributed by atoms with Crippen molar-refractivity contribution in [1.82, 2.24) is 24.8 Å². The highest BCUT2D eigenvalue weighted by atomic mass is 32.1. The molecule has 2 aliphatic rings. The minimum absolute atomic E-state index is 0.119. The fourth-order valence-corrected chi connectivity index (χ4v) is 5.79. The van der Waals surface area contributed by atoms with Gasteiger partial charge in [0.25, 0.3) is 0 Å². The van der Waals surface area contributed by atoms with E-state index in [2.05, 4.69) is 46.3 Å². The molecule has 1 N–H and O–H groups in total. The van der Waals surface area contributed by atoms with Crippen LogP contribution in [0.15, 0.2) is 30.5 Å². The van der Waals surface area contributed by atoms with Crippen LogP contribution >= 0.6 is 11.3 Å². The van der Waals surface area contributed by atoms with Crippen LogP contribution in [0.3, 0.4) is 0 Å². The highest BCUT2D eigenvalue weighted by Crippen LogP contribution is 2.29. The lowest BCUT2D eigenvalue weighted by Gasteiger charge is -2.31. The second kappa shape index (κ2) is 10.2. The Kier molecular flexibility index (Phi) is 6.92. The second-order valence-electron chi connectivity index (χ2n) is 9.41. The fraction of sp³-hybridized carbons (Fsp3) is 0.560. The lowest BCUT2D eigenvalue weighted by Crippen LogP contribution is -2.41. The van der Waals surface area contributed by atoms with Gasteiger partial charge in [-0.05, 0) is 58.7 Å². The number of carbonyl (C=O) groups is 1. The number of amides is 1. The number of fused-ring (bicyclic) bond motifs is 1. The molecule has 0 radical (unpaired) electrons. The van der Waals surface area contributed by atoms with Crippen molar-refractivity contribution in [3.63, 3.8) is 0 Å². The Balaban J connectivity index is 1.09. The number of nitrogens with zero attached hydrogens (tertiary/aromatic N) is 5. The highest BCUT2D eigenvalue weighted by molar-refractivity contribution is 7.20. The average Bonchev–Trinajstić information content (AvgIpc) is 3.43. The van der Waals surface area contributed by atoms with E-state index in [1.165, 1.54) is 37.9 Å². The van der Waals surface area contributed by atoms with Crippen molar-refractivity contribution in [2.24, 2.45) is 5.92 Å². The molecule has 176 valence electrons. The van der Waals surface area contributed by atoms with Crippen molar-refractivity contribution in [2.45, 2.75) is 45.4 Å². The summed E-state index contributed by atoms with van der Waals surface area (Å²) in [6, 6.07) is 8.42. The van der Waals surface area contributed by atoms with E-state index in [-0.39, 0.29) is 11.8 Å². The van der Waals surface area contributed by atoms with Gasteiger partial charge in [-0.15, -0.1) is 5.10 Å². The van der Waals surface area contributed by atoms with Crippen molar-refractivity contribution in [2.75, 3.05) is 44.2 Å². The molecule has 1 amide bonds. The van der Waals surface area contributed by atoms with Gasteiger partial charge in [0.1, 0.15) is 0 Å². The molecule has 0 spiro atoms. The van der Waals surface area contributed by atoms with Crippen molar-refractivity contribution < 1.29 is 4.79 Å². The zero-order chi connectivity index (χ0) is 22.6. The first kappa shape index (κ1) is 22.3. The third kappa shape index (κ3) is 5.38. The molecule has 5 rings (SSSR count). The van der Waals surface area contributed by atoms with Crippen molar-refractivity contribution in [3.8, 4) is 11.3 Å². The van der Waals surface area contributed by atoms with E-state index in [4.69, 9.17) is 10.1 Å². The van der Waals surface area contributed by atoms with Crippen LogP contribution in [-0.4, -0.2) is 64.7 Å². The zero-order valence-electron chi connectivity index (χ0n) is 19.5. The van der Waals surface area contributed by atoms with Gasteiger partial charge in [-0.25, -0.2) is 9.50 Å². The number of carbonyl (C=O) groups excluding carboxylic acids is 1. The lowest BCUT2D eigenvalue weighted by atomic mass is 9.96. The normalized spacial score (nSPS) is 18.2. The van der Waals surface area contributed by atoms with Gasteiger partial charge in [0.15, 0.2) is 0 Å². The Hall–Kier alpha value is -2.45. The topological polar surface area (TPSA) is 65.8 Å². The number of hydrogen-bond donors (Lipinski definition) is 1.